The lowest BCUT2D eigenvalue weighted by Crippen LogP contribution is -2.49. The summed E-state index contributed by atoms with van der Waals surface area (Å²) in [7, 11) is 3.15. The van der Waals surface area contributed by atoms with E-state index in [-0.39, 0.29) is 22.5 Å². The molecular formula is C29H39N5O4. The Hall–Kier alpha value is -3.75. The topological polar surface area (TPSA) is 114 Å². The van der Waals surface area contributed by atoms with E-state index in [4.69, 9.17) is 20.2 Å². The van der Waals surface area contributed by atoms with Crippen LogP contribution in [-0.4, -0.2) is 66.3 Å². The summed E-state index contributed by atoms with van der Waals surface area (Å²) >= 11 is 0. The number of nitrogen functional groups attached to an aromatic ring is 1. The molecule has 0 aliphatic carbocycles. The van der Waals surface area contributed by atoms with E-state index in [0.717, 1.165) is 11.1 Å². The molecule has 0 radical (unpaired) electrons. The fraction of sp³-hybridized carbons (Fsp3) is 0.483. The molecule has 204 valence electrons. The Bertz CT molecular complexity index is 1330. The number of carbonyl (C=O) groups is 1. The predicted octanol–water partition coefficient (Wildman–Crippen LogP) is 4.49. The second-order valence-electron chi connectivity index (χ2n) is 11.8. The zero-order valence-electron chi connectivity index (χ0n) is 23.7. The largest absolute Gasteiger partial charge is 0.507 e. The van der Waals surface area contributed by atoms with Crippen LogP contribution in [0.1, 0.15) is 63.0 Å². The van der Waals surface area contributed by atoms with Crippen LogP contribution in [0.4, 0.5) is 11.8 Å². The molecule has 0 bridgehead atoms. The second kappa shape index (κ2) is 9.85. The summed E-state index contributed by atoms with van der Waals surface area (Å²) in [5.41, 5.74) is 8.48. The molecule has 1 saturated heterocycles. The first-order valence-electron chi connectivity index (χ1n) is 12.9. The minimum Gasteiger partial charge on any atom is -0.507 e. The number of nitrogens with two attached hydrogens (primary N) is 1. The fourth-order valence-corrected chi connectivity index (χ4v) is 4.80. The van der Waals surface area contributed by atoms with Crippen molar-refractivity contribution in [3.8, 4) is 17.2 Å². The highest BCUT2D eigenvalue weighted by Crippen LogP contribution is 2.40. The molecule has 1 aliphatic rings. The number of nitrogens with zero attached hydrogens (tertiary/aromatic N) is 4. The van der Waals surface area contributed by atoms with Gasteiger partial charge in [-0.15, -0.1) is 0 Å². The lowest BCUT2D eigenvalue weighted by atomic mass is 9.78. The number of hydrogen-bond donors (Lipinski definition) is 2. The Kier molecular flexibility index (Phi) is 7.07. The summed E-state index contributed by atoms with van der Waals surface area (Å²) in [6, 6.07) is 7.25. The molecule has 0 unspecified atom stereocenters. The van der Waals surface area contributed by atoms with Crippen LogP contribution in [0.25, 0.3) is 10.9 Å². The van der Waals surface area contributed by atoms with Crippen molar-refractivity contribution in [2.75, 3.05) is 51.0 Å². The third-order valence-electron chi connectivity index (χ3n) is 7.04. The molecule has 1 amide bonds. The highest BCUT2D eigenvalue weighted by Gasteiger charge is 2.30. The van der Waals surface area contributed by atoms with Crippen LogP contribution < -0.4 is 20.1 Å². The molecule has 1 aromatic heterocycles. The maximum Gasteiger partial charge on any atom is 0.253 e. The second-order valence-corrected chi connectivity index (χ2v) is 11.8. The molecule has 4 rings (SSSR count). The quantitative estimate of drug-likeness (QED) is 0.516. The van der Waals surface area contributed by atoms with Crippen molar-refractivity contribution in [1.82, 2.24) is 14.9 Å². The molecule has 3 N–H and O–H groups in total. The van der Waals surface area contributed by atoms with Gasteiger partial charge in [0.15, 0.2) is 11.5 Å². The fourth-order valence-electron chi connectivity index (χ4n) is 4.80. The maximum absolute atomic E-state index is 13.6. The number of aromatic nitrogens is 2. The van der Waals surface area contributed by atoms with Crippen molar-refractivity contribution >= 4 is 28.6 Å². The molecule has 38 heavy (non-hydrogen) atoms. The molecule has 2 heterocycles. The number of aromatic hydroxyl groups is 1. The molecule has 1 aliphatic heterocycles. The number of benzene rings is 2. The van der Waals surface area contributed by atoms with Crippen LogP contribution in [0, 0.1) is 0 Å². The van der Waals surface area contributed by atoms with Gasteiger partial charge in [0, 0.05) is 54.3 Å². The first kappa shape index (κ1) is 27.3. The Balaban J connectivity index is 1.58. The molecule has 1 fully saturated rings. The first-order chi connectivity index (χ1) is 17.7. The van der Waals surface area contributed by atoms with E-state index in [1.165, 1.54) is 0 Å². The van der Waals surface area contributed by atoms with Gasteiger partial charge in [0.05, 0.1) is 19.7 Å². The molecule has 2 aromatic carbocycles. The third kappa shape index (κ3) is 5.14. The van der Waals surface area contributed by atoms with Crippen molar-refractivity contribution in [1.29, 1.82) is 0 Å². The van der Waals surface area contributed by atoms with E-state index >= 15 is 0 Å². The van der Waals surface area contributed by atoms with Crippen LogP contribution in [0.2, 0.25) is 0 Å². The third-order valence-corrected chi connectivity index (χ3v) is 7.04. The molecule has 9 nitrogen and oxygen atoms in total. The monoisotopic (exact) mass is 521 g/mol. The average molecular weight is 522 g/mol. The predicted molar refractivity (Wildman–Crippen MR) is 151 cm³/mol. The van der Waals surface area contributed by atoms with Crippen LogP contribution in [0.15, 0.2) is 24.3 Å². The van der Waals surface area contributed by atoms with Crippen molar-refractivity contribution in [3.63, 3.8) is 0 Å². The van der Waals surface area contributed by atoms with E-state index in [9.17, 15) is 9.90 Å². The van der Waals surface area contributed by atoms with Crippen LogP contribution in [0.5, 0.6) is 17.2 Å². The number of phenols is 1. The summed E-state index contributed by atoms with van der Waals surface area (Å²) in [6.45, 7) is 14.4. The van der Waals surface area contributed by atoms with Gasteiger partial charge in [-0.2, -0.15) is 4.98 Å². The van der Waals surface area contributed by atoms with Gasteiger partial charge in [0.2, 0.25) is 5.95 Å². The van der Waals surface area contributed by atoms with E-state index in [1.807, 2.05) is 63.5 Å². The van der Waals surface area contributed by atoms with Crippen LogP contribution in [-0.2, 0) is 10.8 Å². The molecule has 9 heteroatoms. The lowest BCUT2D eigenvalue weighted by Gasteiger charge is -2.35. The van der Waals surface area contributed by atoms with E-state index in [0.29, 0.717) is 65.9 Å². The normalized spacial score (nSPS) is 14.6. The van der Waals surface area contributed by atoms with Gasteiger partial charge in [-0.1, -0.05) is 41.5 Å². The number of fused-ring (bicyclic) bond motifs is 1. The number of piperazine rings is 1. The van der Waals surface area contributed by atoms with Gasteiger partial charge in [-0.25, -0.2) is 4.98 Å². The van der Waals surface area contributed by atoms with Crippen molar-refractivity contribution < 1.29 is 19.4 Å². The van der Waals surface area contributed by atoms with Gasteiger partial charge >= 0.3 is 0 Å². The van der Waals surface area contributed by atoms with Crippen LogP contribution in [0.3, 0.4) is 0 Å². The molecule has 0 spiro atoms. The average Bonchev–Trinajstić information content (AvgIpc) is 2.86. The SMILES string of the molecule is COc1cc2nc(N3CCN(C(=O)c4cc(C(C)(C)C)c(O)c(C(C)(C)C)c4)CC3)nc(N)c2cc1OC. The number of methoxy groups -OCH3 is 2. The Morgan fingerprint density at radius 3 is 1.89 bits per heavy atom. The zero-order valence-corrected chi connectivity index (χ0v) is 23.7. The zero-order chi connectivity index (χ0) is 28.0. The number of rotatable bonds is 4. The Labute approximate surface area is 224 Å². The summed E-state index contributed by atoms with van der Waals surface area (Å²) in [5.74, 6) is 2.23. The van der Waals surface area contributed by atoms with E-state index in [1.54, 1.807) is 26.4 Å². The number of carbonyl (C=O) groups excluding carboxylic acids is 1. The number of anilines is 2. The minimum atomic E-state index is -0.306. The molecule has 0 saturated carbocycles. The summed E-state index contributed by atoms with van der Waals surface area (Å²) < 4.78 is 10.8. The van der Waals surface area contributed by atoms with Crippen molar-refractivity contribution in [2.24, 2.45) is 0 Å². The number of amides is 1. The van der Waals surface area contributed by atoms with E-state index < -0.39 is 0 Å². The van der Waals surface area contributed by atoms with Crippen molar-refractivity contribution in [3.05, 3.63) is 41.0 Å². The van der Waals surface area contributed by atoms with Gasteiger partial charge < -0.3 is 30.1 Å². The summed E-state index contributed by atoms with van der Waals surface area (Å²) in [5, 5.41) is 11.7. The Morgan fingerprint density at radius 1 is 0.868 bits per heavy atom. The van der Waals surface area contributed by atoms with E-state index in [2.05, 4.69) is 4.98 Å². The number of ether oxygens (including phenoxy) is 2. The van der Waals surface area contributed by atoms with Gasteiger partial charge in [-0.05, 0) is 29.0 Å². The first-order valence-corrected chi connectivity index (χ1v) is 12.9. The van der Waals surface area contributed by atoms with Crippen LogP contribution >= 0.6 is 0 Å². The van der Waals surface area contributed by atoms with Gasteiger partial charge in [0.25, 0.3) is 5.91 Å². The number of hydrogen-bond acceptors (Lipinski definition) is 8. The summed E-state index contributed by atoms with van der Waals surface area (Å²) in [6.07, 6.45) is 0. The molecule has 0 atom stereocenters. The highest BCUT2D eigenvalue weighted by molar-refractivity contribution is 5.95. The summed E-state index contributed by atoms with van der Waals surface area (Å²) in [4.78, 5) is 26.8. The highest BCUT2D eigenvalue weighted by atomic mass is 16.5. The molecule has 3 aromatic rings. The minimum absolute atomic E-state index is 0.0450. The molecular weight excluding hydrogens is 482 g/mol. The smallest absolute Gasteiger partial charge is 0.253 e. The van der Waals surface area contributed by atoms with Gasteiger partial charge in [0.1, 0.15) is 11.6 Å². The number of phenolic OH excluding ortho intramolecular Hbond substituents is 1. The standard InChI is InChI=1S/C29H39N5O4/c1-28(2,3)19-13-17(14-20(24(19)35)29(4,5)6)26(36)33-9-11-34(12-10-33)27-31-21-16-23(38-8)22(37-7)15-18(21)25(30)32-27/h13-16,35H,9-12H2,1-8H3,(H2,30,31,32). The lowest BCUT2D eigenvalue weighted by molar-refractivity contribution is 0.0746. The van der Waals surface area contributed by atoms with Gasteiger partial charge in [-0.3, -0.25) is 4.79 Å². The Morgan fingerprint density at radius 2 is 1.39 bits per heavy atom. The maximum atomic E-state index is 13.6. The van der Waals surface area contributed by atoms with Crippen molar-refractivity contribution in [2.45, 2.75) is 52.4 Å².